The number of rotatable bonds is 2. The Morgan fingerprint density at radius 3 is 2.32 bits per heavy atom. The van der Waals surface area contributed by atoms with Crippen LogP contribution in [0.5, 0.6) is 5.75 Å². The molecule has 1 N–H and O–H groups in total. The highest BCUT2D eigenvalue weighted by molar-refractivity contribution is 6.23. The van der Waals surface area contributed by atoms with Gasteiger partial charge in [0.1, 0.15) is 5.75 Å². The van der Waals surface area contributed by atoms with Crippen LogP contribution in [0.4, 0.5) is 0 Å². The van der Waals surface area contributed by atoms with Crippen LogP contribution in [-0.2, 0) is 0 Å². The van der Waals surface area contributed by atoms with Crippen molar-refractivity contribution in [3.05, 3.63) is 65.7 Å². The third-order valence-electron chi connectivity index (χ3n) is 3.04. The number of Topliss-reactive ketones (excluding diaryl/α,β-unsaturated/α-hetero) is 2. The summed E-state index contributed by atoms with van der Waals surface area (Å²) in [5, 5.41) is 10.3. The first-order valence-corrected chi connectivity index (χ1v) is 5.78. The summed E-state index contributed by atoms with van der Waals surface area (Å²) in [4.78, 5) is 24.4. The minimum Gasteiger partial charge on any atom is -0.447 e. The maximum Gasteiger partial charge on any atom is 0.338 e. The Labute approximate surface area is 109 Å². The average Bonchev–Trinajstić information content (AvgIpc) is 2.72. The number of carbonyl (C=O) groups is 2. The number of hydrogen-bond donors (Lipinski definition) is 1. The van der Waals surface area contributed by atoms with Crippen LogP contribution >= 0.6 is 0 Å². The minimum atomic E-state index is -2.45. The van der Waals surface area contributed by atoms with E-state index in [1.807, 2.05) is 0 Å². The predicted molar refractivity (Wildman–Crippen MR) is 67.1 cm³/mol. The number of para-hydroxylation sites is 1. The lowest BCUT2D eigenvalue weighted by molar-refractivity contribution is -0.0618. The highest BCUT2D eigenvalue weighted by atomic mass is 16.6. The Kier molecular flexibility index (Phi) is 2.47. The van der Waals surface area contributed by atoms with E-state index in [4.69, 9.17) is 4.74 Å². The minimum absolute atomic E-state index is 0.217. The van der Waals surface area contributed by atoms with Crippen LogP contribution in [0.25, 0.3) is 0 Å². The van der Waals surface area contributed by atoms with Crippen LogP contribution in [0.3, 0.4) is 0 Å². The summed E-state index contributed by atoms with van der Waals surface area (Å²) < 4.78 is 5.18. The van der Waals surface area contributed by atoms with E-state index in [0.29, 0.717) is 0 Å². The molecule has 3 rings (SSSR count). The van der Waals surface area contributed by atoms with Crippen LogP contribution in [0.1, 0.15) is 20.7 Å². The monoisotopic (exact) mass is 254 g/mol. The second-order valence-corrected chi connectivity index (χ2v) is 4.27. The molecule has 1 atom stereocenters. The lowest BCUT2D eigenvalue weighted by Gasteiger charge is -2.18. The van der Waals surface area contributed by atoms with Gasteiger partial charge in [-0.2, -0.15) is 0 Å². The molecule has 0 radical (unpaired) electrons. The molecule has 94 valence electrons. The van der Waals surface area contributed by atoms with Gasteiger partial charge in [-0.3, -0.25) is 9.59 Å². The molecule has 0 saturated heterocycles. The van der Waals surface area contributed by atoms with Crippen LogP contribution < -0.4 is 4.74 Å². The van der Waals surface area contributed by atoms with Gasteiger partial charge in [-0.15, -0.1) is 0 Å². The normalized spacial score (nSPS) is 20.8. The Hall–Kier alpha value is -2.46. The van der Waals surface area contributed by atoms with Crippen molar-refractivity contribution in [1.29, 1.82) is 0 Å². The van der Waals surface area contributed by atoms with E-state index in [-0.39, 0.29) is 16.9 Å². The van der Waals surface area contributed by atoms with Gasteiger partial charge in [0.25, 0.3) is 0 Å². The Balaban J connectivity index is 2.03. The van der Waals surface area contributed by atoms with Crippen molar-refractivity contribution in [3.63, 3.8) is 0 Å². The summed E-state index contributed by atoms with van der Waals surface area (Å²) in [6.45, 7) is 0. The summed E-state index contributed by atoms with van der Waals surface area (Å²) in [6, 6.07) is 14.5. The number of carbonyl (C=O) groups excluding carboxylic acids is 2. The van der Waals surface area contributed by atoms with Gasteiger partial charge < -0.3 is 9.84 Å². The average molecular weight is 254 g/mol. The molecule has 0 bridgehead atoms. The summed E-state index contributed by atoms with van der Waals surface area (Å²) in [7, 11) is 0. The second kappa shape index (κ2) is 4.03. The number of aliphatic hydroxyl groups is 1. The summed E-state index contributed by atoms with van der Waals surface area (Å²) in [5.74, 6) is -3.71. The molecule has 1 aliphatic heterocycles. The molecule has 2 aromatic carbocycles. The van der Waals surface area contributed by atoms with E-state index >= 15 is 0 Å². The van der Waals surface area contributed by atoms with Gasteiger partial charge in [-0.05, 0) is 12.1 Å². The largest absolute Gasteiger partial charge is 0.447 e. The highest BCUT2D eigenvalue weighted by Crippen LogP contribution is 2.35. The molecule has 0 saturated carbocycles. The number of fused-ring (bicyclic) bond motifs is 1. The molecular weight excluding hydrogens is 244 g/mol. The van der Waals surface area contributed by atoms with E-state index in [2.05, 4.69) is 0 Å². The Morgan fingerprint density at radius 1 is 1.00 bits per heavy atom. The standard InChI is InChI=1S/C15H10O4/c16-13(10-6-2-1-3-7-10)15(18)14(17)11-8-4-5-9-12(11)19-15/h1-9,18H. The zero-order valence-corrected chi connectivity index (χ0v) is 9.87. The summed E-state index contributed by atoms with van der Waals surface area (Å²) >= 11 is 0. The predicted octanol–water partition coefficient (Wildman–Crippen LogP) is 1.83. The zero-order valence-electron chi connectivity index (χ0n) is 9.87. The molecule has 1 heterocycles. The van der Waals surface area contributed by atoms with Crippen molar-refractivity contribution in [3.8, 4) is 5.75 Å². The number of benzene rings is 2. The summed E-state index contributed by atoms with van der Waals surface area (Å²) in [6.07, 6.45) is 0. The quantitative estimate of drug-likeness (QED) is 0.656. The first-order chi connectivity index (χ1) is 9.13. The molecule has 0 spiro atoms. The fraction of sp³-hybridized carbons (Fsp3) is 0.0667. The first kappa shape index (κ1) is 11.6. The zero-order chi connectivity index (χ0) is 13.5. The van der Waals surface area contributed by atoms with E-state index < -0.39 is 17.4 Å². The molecule has 0 fully saturated rings. The lowest BCUT2D eigenvalue weighted by Crippen LogP contribution is -2.48. The van der Waals surface area contributed by atoms with E-state index in [9.17, 15) is 14.7 Å². The maximum absolute atomic E-state index is 12.3. The molecular formula is C15H10O4. The lowest BCUT2D eigenvalue weighted by atomic mass is 9.97. The van der Waals surface area contributed by atoms with Crippen molar-refractivity contribution in [2.24, 2.45) is 0 Å². The van der Waals surface area contributed by atoms with Crippen molar-refractivity contribution in [2.75, 3.05) is 0 Å². The topological polar surface area (TPSA) is 63.6 Å². The third kappa shape index (κ3) is 1.65. The van der Waals surface area contributed by atoms with Crippen LogP contribution in [0, 0.1) is 0 Å². The Bertz CT molecular complexity index is 663. The fourth-order valence-electron chi connectivity index (χ4n) is 2.07. The van der Waals surface area contributed by atoms with E-state index in [0.717, 1.165) is 0 Å². The first-order valence-electron chi connectivity index (χ1n) is 5.78. The number of hydrogen-bond acceptors (Lipinski definition) is 4. The third-order valence-corrected chi connectivity index (χ3v) is 3.04. The van der Waals surface area contributed by atoms with Gasteiger partial charge in [0.05, 0.1) is 5.56 Å². The molecule has 0 aliphatic carbocycles. The molecule has 1 unspecified atom stereocenters. The highest BCUT2D eigenvalue weighted by Gasteiger charge is 2.53. The molecule has 19 heavy (non-hydrogen) atoms. The van der Waals surface area contributed by atoms with Gasteiger partial charge in [-0.25, -0.2) is 0 Å². The van der Waals surface area contributed by atoms with Crippen molar-refractivity contribution < 1.29 is 19.4 Å². The van der Waals surface area contributed by atoms with Crippen LogP contribution in [0.2, 0.25) is 0 Å². The van der Waals surface area contributed by atoms with E-state index in [1.54, 1.807) is 36.4 Å². The molecule has 0 aromatic heterocycles. The van der Waals surface area contributed by atoms with Crippen LogP contribution in [-0.4, -0.2) is 22.5 Å². The SMILES string of the molecule is O=C(c1ccccc1)C1(O)Oc2ccccc2C1=O. The molecule has 2 aromatic rings. The molecule has 0 amide bonds. The molecule has 4 nitrogen and oxygen atoms in total. The van der Waals surface area contributed by atoms with Crippen molar-refractivity contribution in [2.45, 2.75) is 5.79 Å². The Morgan fingerprint density at radius 2 is 1.63 bits per heavy atom. The van der Waals surface area contributed by atoms with E-state index in [1.165, 1.54) is 18.2 Å². The van der Waals surface area contributed by atoms with Gasteiger partial charge in [0.15, 0.2) is 0 Å². The van der Waals surface area contributed by atoms with Gasteiger partial charge in [-0.1, -0.05) is 42.5 Å². The van der Waals surface area contributed by atoms with Crippen molar-refractivity contribution in [1.82, 2.24) is 0 Å². The van der Waals surface area contributed by atoms with Gasteiger partial charge in [0, 0.05) is 5.56 Å². The van der Waals surface area contributed by atoms with Gasteiger partial charge in [0.2, 0.25) is 11.6 Å². The summed E-state index contributed by atoms with van der Waals surface area (Å²) in [5.41, 5.74) is 0.445. The van der Waals surface area contributed by atoms with Gasteiger partial charge >= 0.3 is 5.79 Å². The smallest absolute Gasteiger partial charge is 0.338 e. The molecule has 4 heteroatoms. The fourth-order valence-corrected chi connectivity index (χ4v) is 2.07. The van der Waals surface area contributed by atoms with Crippen molar-refractivity contribution >= 4 is 11.6 Å². The molecule has 1 aliphatic rings. The second-order valence-electron chi connectivity index (χ2n) is 4.27. The van der Waals surface area contributed by atoms with Crippen LogP contribution in [0.15, 0.2) is 54.6 Å². The number of ketones is 2. The maximum atomic E-state index is 12.3. The number of ether oxygens (including phenoxy) is 1.